The molecular formula is C11H12FN3. The van der Waals surface area contributed by atoms with E-state index in [9.17, 15) is 4.39 Å². The minimum absolute atomic E-state index is 0.0595. The summed E-state index contributed by atoms with van der Waals surface area (Å²) in [5, 5.41) is 4.09. The molecule has 15 heavy (non-hydrogen) atoms. The van der Waals surface area contributed by atoms with Gasteiger partial charge in [-0.2, -0.15) is 5.10 Å². The lowest BCUT2D eigenvalue weighted by Gasteiger charge is -2.14. The molecule has 0 radical (unpaired) electrons. The number of aromatic nitrogens is 2. The molecule has 1 aromatic heterocycles. The maximum atomic E-state index is 13.0. The van der Waals surface area contributed by atoms with Crippen molar-refractivity contribution in [1.82, 2.24) is 9.78 Å². The molecule has 2 rings (SSSR count). The second-order valence-corrected chi connectivity index (χ2v) is 3.43. The van der Waals surface area contributed by atoms with Crippen LogP contribution < -0.4 is 5.73 Å². The first-order valence-electron chi connectivity index (χ1n) is 4.73. The largest absolute Gasteiger partial charge is 0.384 e. The first kappa shape index (κ1) is 9.71. The summed E-state index contributed by atoms with van der Waals surface area (Å²) in [4.78, 5) is 0. The van der Waals surface area contributed by atoms with Crippen LogP contribution in [0.15, 0.2) is 36.5 Å². The van der Waals surface area contributed by atoms with Gasteiger partial charge in [-0.05, 0) is 30.7 Å². The van der Waals surface area contributed by atoms with E-state index in [1.54, 1.807) is 23.0 Å². The highest BCUT2D eigenvalue weighted by Crippen LogP contribution is 2.20. The molecule has 1 atom stereocenters. The molecule has 0 fully saturated rings. The molecule has 0 spiro atoms. The van der Waals surface area contributed by atoms with Crippen LogP contribution in [-0.4, -0.2) is 9.78 Å². The topological polar surface area (TPSA) is 43.8 Å². The van der Waals surface area contributed by atoms with E-state index in [1.165, 1.54) is 12.1 Å². The fourth-order valence-electron chi connectivity index (χ4n) is 1.56. The molecule has 0 amide bonds. The van der Waals surface area contributed by atoms with E-state index in [1.807, 2.05) is 13.0 Å². The van der Waals surface area contributed by atoms with Crippen LogP contribution >= 0.6 is 0 Å². The molecule has 2 N–H and O–H groups in total. The van der Waals surface area contributed by atoms with Crippen molar-refractivity contribution in [3.05, 3.63) is 47.9 Å². The molecule has 2 aromatic rings. The van der Waals surface area contributed by atoms with Gasteiger partial charge in [-0.3, -0.25) is 0 Å². The molecule has 1 unspecified atom stereocenters. The SMILES string of the molecule is CC(c1cccc(F)c1)n1nccc1N. The van der Waals surface area contributed by atoms with Crippen LogP contribution in [0, 0.1) is 5.82 Å². The third kappa shape index (κ3) is 1.83. The highest BCUT2D eigenvalue weighted by Gasteiger charge is 2.10. The van der Waals surface area contributed by atoms with Gasteiger partial charge in [0.05, 0.1) is 12.2 Å². The molecule has 1 heterocycles. The highest BCUT2D eigenvalue weighted by molar-refractivity contribution is 5.30. The summed E-state index contributed by atoms with van der Waals surface area (Å²) in [5.74, 6) is 0.330. The number of nitrogen functional groups attached to an aromatic ring is 1. The van der Waals surface area contributed by atoms with E-state index in [0.717, 1.165) is 5.56 Å². The Morgan fingerprint density at radius 1 is 1.40 bits per heavy atom. The van der Waals surface area contributed by atoms with Crippen LogP contribution in [0.3, 0.4) is 0 Å². The second-order valence-electron chi connectivity index (χ2n) is 3.43. The zero-order chi connectivity index (χ0) is 10.8. The van der Waals surface area contributed by atoms with Crippen molar-refractivity contribution in [2.75, 3.05) is 5.73 Å². The smallest absolute Gasteiger partial charge is 0.123 e. The molecule has 0 saturated carbocycles. The van der Waals surface area contributed by atoms with Gasteiger partial charge in [-0.25, -0.2) is 9.07 Å². The lowest BCUT2D eigenvalue weighted by molar-refractivity contribution is 0.563. The van der Waals surface area contributed by atoms with E-state index < -0.39 is 0 Å². The molecule has 78 valence electrons. The predicted molar refractivity (Wildman–Crippen MR) is 56.9 cm³/mol. The van der Waals surface area contributed by atoms with Crippen LogP contribution in [-0.2, 0) is 0 Å². The normalized spacial score (nSPS) is 12.7. The third-order valence-corrected chi connectivity index (χ3v) is 2.40. The zero-order valence-corrected chi connectivity index (χ0v) is 8.39. The van der Waals surface area contributed by atoms with E-state index in [0.29, 0.717) is 5.82 Å². The van der Waals surface area contributed by atoms with Gasteiger partial charge in [0.1, 0.15) is 11.6 Å². The molecule has 1 aromatic carbocycles. The number of halogens is 1. The van der Waals surface area contributed by atoms with Crippen molar-refractivity contribution >= 4 is 5.82 Å². The van der Waals surface area contributed by atoms with E-state index in [4.69, 9.17) is 5.73 Å². The quantitative estimate of drug-likeness (QED) is 0.816. The Kier molecular flexibility index (Phi) is 2.41. The summed E-state index contributed by atoms with van der Waals surface area (Å²) < 4.78 is 14.7. The van der Waals surface area contributed by atoms with Gasteiger partial charge in [0.2, 0.25) is 0 Å². The first-order chi connectivity index (χ1) is 7.18. The Morgan fingerprint density at radius 3 is 2.80 bits per heavy atom. The van der Waals surface area contributed by atoms with Gasteiger partial charge in [0, 0.05) is 0 Å². The van der Waals surface area contributed by atoms with Gasteiger partial charge in [0.25, 0.3) is 0 Å². The van der Waals surface area contributed by atoms with Crippen LogP contribution in [0.2, 0.25) is 0 Å². The molecule has 0 saturated heterocycles. The molecule has 0 aliphatic carbocycles. The van der Waals surface area contributed by atoms with Crippen molar-refractivity contribution in [3.63, 3.8) is 0 Å². The first-order valence-corrected chi connectivity index (χ1v) is 4.73. The molecular weight excluding hydrogens is 193 g/mol. The number of anilines is 1. The van der Waals surface area contributed by atoms with Crippen molar-refractivity contribution < 1.29 is 4.39 Å². The summed E-state index contributed by atoms with van der Waals surface area (Å²) in [6, 6.07) is 8.11. The Morgan fingerprint density at radius 2 is 2.20 bits per heavy atom. The molecule has 4 heteroatoms. The molecule has 0 aliphatic rings. The number of nitrogens with two attached hydrogens (primary N) is 1. The average Bonchev–Trinajstić information content (AvgIpc) is 2.63. The third-order valence-electron chi connectivity index (χ3n) is 2.40. The Bertz CT molecular complexity index is 464. The monoisotopic (exact) mass is 205 g/mol. The molecule has 3 nitrogen and oxygen atoms in total. The molecule has 0 aliphatic heterocycles. The average molecular weight is 205 g/mol. The minimum Gasteiger partial charge on any atom is -0.384 e. The predicted octanol–water partition coefficient (Wildman–Crippen LogP) is 2.21. The van der Waals surface area contributed by atoms with Gasteiger partial charge in [0.15, 0.2) is 0 Å². The molecule has 0 bridgehead atoms. The Labute approximate surface area is 87.3 Å². The lowest BCUT2D eigenvalue weighted by Crippen LogP contribution is -2.11. The van der Waals surface area contributed by atoms with Crippen LogP contribution in [0.1, 0.15) is 18.5 Å². The minimum atomic E-state index is -0.245. The van der Waals surface area contributed by atoms with Crippen molar-refractivity contribution in [2.24, 2.45) is 0 Å². The van der Waals surface area contributed by atoms with E-state index in [-0.39, 0.29) is 11.9 Å². The van der Waals surface area contributed by atoms with Crippen molar-refractivity contribution in [2.45, 2.75) is 13.0 Å². The van der Waals surface area contributed by atoms with Gasteiger partial charge in [-0.15, -0.1) is 0 Å². The van der Waals surface area contributed by atoms with Crippen molar-refractivity contribution in [3.8, 4) is 0 Å². The van der Waals surface area contributed by atoms with Gasteiger partial charge in [-0.1, -0.05) is 12.1 Å². The van der Waals surface area contributed by atoms with Gasteiger partial charge < -0.3 is 5.73 Å². The summed E-state index contributed by atoms with van der Waals surface area (Å²) in [5.41, 5.74) is 6.58. The highest BCUT2D eigenvalue weighted by atomic mass is 19.1. The number of rotatable bonds is 2. The van der Waals surface area contributed by atoms with E-state index >= 15 is 0 Å². The zero-order valence-electron chi connectivity index (χ0n) is 8.39. The van der Waals surface area contributed by atoms with Crippen LogP contribution in [0.25, 0.3) is 0 Å². The summed E-state index contributed by atoms with van der Waals surface area (Å²) in [6.07, 6.45) is 1.63. The maximum absolute atomic E-state index is 13.0. The fourth-order valence-corrected chi connectivity index (χ4v) is 1.56. The number of benzene rings is 1. The maximum Gasteiger partial charge on any atom is 0.123 e. The number of hydrogen-bond donors (Lipinski definition) is 1. The Hall–Kier alpha value is -1.84. The fraction of sp³-hybridized carbons (Fsp3) is 0.182. The van der Waals surface area contributed by atoms with Crippen LogP contribution in [0.5, 0.6) is 0 Å². The lowest BCUT2D eigenvalue weighted by atomic mass is 10.1. The number of hydrogen-bond acceptors (Lipinski definition) is 2. The standard InChI is InChI=1S/C11H12FN3/c1-8(15-11(13)5-6-14-15)9-3-2-4-10(12)7-9/h2-8H,13H2,1H3. The van der Waals surface area contributed by atoms with Crippen molar-refractivity contribution in [1.29, 1.82) is 0 Å². The van der Waals surface area contributed by atoms with E-state index in [2.05, 4.69) is 5.10 Å². The summed E-state index contributed by atoms with van der Waals surface area (Å²) in [6.45, 7) is 1.93. The van der Waals surface area contributed by atoms with Gasteiger partial charge >= 0.3 is 0 Å². The summed E-state index contributed by atoms with van der Waals surface area (Å²) in [7, 11) is 0. The number of nitrogens with zero attached hydrogens (tertiary/aromatic N) is 2. The second kappa shape index (κ2) is 3.73. The summed E-state index contributed by atoms with van der Waals surface area (Å²) >= 11 is 0. The van der Waals surface area contributed by atoms with Crippen LogP contribution in [0.4, 0.5) is 10.2 Å². The Balaban J connectivity index is 2.36.